The molecule has 0 aliphatic carbocycles. The van der Waals surface area contributed by atoms with E-state index in [4.69, 9.17) is 23.7 Å². The summed E-state index contributed by atoms with van der Waals surface area (Å²) >= 11 is 0. The van der Waals surface area contributed by atoms with E-state index in [9.17, 15) is 19.2 Å². The topological polar surface area (TPSA) is 124 Å². The molecule has 1 aliphatic rings. The molecule has 12 heteroatoms. The molecule has 700 valence electrons. The van der Waals surface area contributed by atoms with E-state index in [-0.39, 0.29) is 47.5 Å². The van der Waals surface area contributed by atoms with Gasteiger partial charge in [-0.25, -0.2) is 0 Å². The van der Waals surface area contributed by atoms with Crippen LogP contribution in [0.2, 0.25) is 0 Å². The number of rotatable bonds is 92. The van der Waals surface area contributed by atoms with Crippen molar-refractivity contribution < 1.29 is 42.9 Å². The number of carbonyl (C=O) groups is 4. The summed E-state index contributed by atoms with van der Waals surface area (Å²) in [6, 6.07) is 0. The molecule has 0 saturated carbocycles. The van der Waals surface area contributed by atoms with Gasteiger partial charge in [0.05, 0.1) is 55.9 Å². The minimum absolute atomic E-state index is 0.000317. The van der Waals surface area contributed by atoms with Crippen molar-refractivity contribution in [3.8, 4) is 0 Å². The number of unbranched alkanes of at least 4 members (excludes halogenated alkanes) is 40. The highest BCUT2D eigenvalue weighted by atomic mass is 16.5. The number of ether oxygens (including phenoxy) is 5. The summed E-state index contributed by atoms with van der Waals surface area (Å²) in [6.45, 7) is 38.5. The minimum Gasteiger partial charge on any atom is -0.497 e. The predicted octanol–water partition coefficient (Wildman–Crippen LogP) is 31.3. The van der Waals surface area contributed by atoms with Crippen LogP contribution in [0.15, 0.2) is 35.6 Å². The van der Waals surface area contributed by atoms with Crippen molar-refractivity contribution in [2.75, 3.05) is 91.9 Å². The first kappa shape index (κ1) is 114. The van der Waals surface area contributed by atoms with Crippen LogP contribution < -0.4 is 0 Å². The van der Waals surface area contributed by atoms with Crippen LogP contribution in [0, 0.1) is 29.6 Å². The van der Waals surface area contributed by atoms with E-state index < -0.39 is 0 Å². The molecule has 0 radical (unpaired) electrons. The Morgan fingerprint density at radius 1 is 0.261 bits per heavy atom. The van der Waals surface area contributed by atoms with E-state index >= 15 is 0 Å². The van der Waals surface area contributed by atoms with E-state index in [0.29, 0.717) is 51.8 Å². The van der Waals surface area contributed by atoms with Crippen molar-refractivity contribution >= 4 is 23.9 Å². The van der Waals surface area contributed by atoms with Crippen LogP contribution >= 0.6 is 0 Å². The van der Waals surface area contributed by atoms with Gasteiger partial charge in [0, 0.05) is 71.1 Å². The van der Waals surface area contributed by atoms with E-state index in [1.54, 1.807) is 0 Å². The molecule has 1 saturated heterocycles. The van der Waals surface area contributed by atoms with Gasteiger partial charge in [0.1, 0.15) is 6.61 Å². The normalized spacial score (nSPS) is 14.4. The molecule has 12 nitrogen and oxygen atoms in total. The summed E-state index contributed by atoms with van der Waals surface area (Å²) in [6.07, 6.45) is 82.0. The summed E-state index contributed by atoms with van der Waals surface area (Å²) in [7, 11) is 0. The summed E-state index contributed by atoms with van der Waals surface area (Å²) in [4.78, 5) is 63.7. The quantitative estimate of drug-likeness (QED) is 0.0189. The first-order valence-corrected chi connectivity index (χ1v) is 52.9. The Kier molecular flexibility index (Phi) is 83.1. The predicted molar refractivity (Wildman–Crippen MR) is 513 cm³/mol. The molecule has 5 unspecified atom stereocenters. The summed E-state index contributed by atoms with van der Waals surface area (Å²) in [5.41, 5.74) is 2.61. The largest absolute Gasteiger partial charge is 0.497 e. The van der Waals surface area contributed by atoms with Crippen molar-refractivity contribution in [1.29, 1.82) is 0 Å². The van der Waals surface area contributed by atoms with Crippen molar-refractivity contribution in [1.82, 2.24) is 14.7 Å². The maximum Gasteiger partial charge on any atom is 0.308 e. The minimum atomic E-state index is -0.0319. The third kappa shape index (κ3) is 68.7. The molecule has 0 aromatic rings. The SMILES string of the molecule is C=C(OCCN(CC/C=C(/CCCOC(=O)C(CCCCCC)CCCCCCCC)CCOC(=O)C(CCCCCC)CCCCCCCC)CCN1CCN(CCC/C(=C/CCOC(=O)C(CCCCCC)CCCCCCCC)CCOC(=O)C(CCCCCC)CCCCCCCC)CC1)C(CCCCCC)CCCCCCCC. The van der Waals surface area contributed by atoms with Gasteiger partial charge in [-0.05, 0) is 109 Å². The zero-order valence-corrected chi connectivity index (χ0v) is 81.2. The number of nitrogens with zero attached hydrogens (tertiary/aromatic N) is 3. The first-order valence-electron chi connectivity index (χ1n) is 52.9. The molecule has 0 bridgehead atoms. The number of piperazine rings is 1. The molecular formula is C107H203N3O9. The van der Waals surface area contributed by atoms with E-state index in [0.717, 1.165) is 212 Å². The molecule has 1 rings (SSSR count). The van der Waals surface area contributed by atoms with Crippen LogP contribution in [-0.2, 0) is 42.9 Å². The number of hydrogen-bond donors (Lipinski definition) is 0. The maximum absolute atomic E-state index is 14.1. The van der Waals surface area contributed by atoms with Gasteiger partial charge in [-0.2, -0.15) is 0 Å². The zero-order valence-electron chi connectivity index (χ0n) is 81.2. The molecule has 5 atom stereocenters. The summed E-state index contributed by atoms with van der Waals surface area (Å²) in [5.74, 6) is 1.30. The van der Waals surface area contributed by atoms with Crippen molar-refractivity contribution in [3.63, 3.8) is 0 Å². The van der Waals surface area contributed by atoms with Gasteiger partial charge in [-0.15, -0.1) is 0 Å². The van der Waals surface area contributed by atoms with Gasteiger partial charge in [0.15, 0.2) is 0 Å². The molecule has 119 heavy (non-hydrogen) atoms. The summed E-state index contributed by atoms with van der Waals surface area (Å²) < 4.78 is 31.7. The van der Waals surface area contributed by atoms with E-state index in [2.05, 4.69) is 103 Å². The number of allylic oxidation sites excluding steroid dienone is 1. The fraction of sp³-hybridized carbons (Fsp3) is 0.907. The van der Waals surface area contributed by atoms with Gasteiger partial charge in [-0.1, -0.05) is 420 Å². The molecule has 1 heterocycles. The molecule has 0 amide bonds. The second-order valence-electron chi connectivity index (χ2n) is 37.0. The van der Waals surface area contributed by atoms with E-state index in [1.807, 2.05) is 0 Å². The summed E-state index contributed by atoms with van der Waals surface area (Å²) in [5, 5.41) is 0. The maximum atomic E-state index is 14.1. The molecule has 0 aromatic heterocycles. The highest BCUT2D eigenvalue weighted by molar-refractivity contribution is 5.73. The van der Waals surface area contributed by atoms with Gasteiger partial charge < -0.3 is 28.6 Å². The molecule has 0 aromatic carbocycles. The highest BCUT2D eigenvalue weighted by Gasteiger charge is 2.26. The zero-order chi connectivity index (χ0) is 86.6. The standard InChI is InChI=1S/C107H203N3O9/c1-12-22-32-42-47-57-71-99(70-52-37-27-17-6)96(11)115-95-90-109(83-63-67-98(81-94-119-107(114)103(75-56-41-31-21-10)79-61-51-46-36-26-16-5)69-65-92-117-105(112)101(73-54-39-29-19-8)77-59-49-44-34-24-14-3)86-89-110-87-84-108(85-88-110)82-62-66-97(80-93-118-106(113)102(74-55-40-30-20-9)78-60-50-45-35-25-15-4)68-64-91-116-104(111)100(72-53-38-28-18-7)76-58-48-43-33-23-13-2/h67-68,99-103H,11-66,69-95H2,1-10H3/b97-68-,98-67-. The Bertz CT molecular complexity index is 2320. The van der Waals surface area contributed by atoms with Crippen molar-refractivity contribution in [3.05, 3.63) is 35.6 Å². The number of hydrogen-bond acceptors (Lipinski definition) is 12. The van der Waals surface area contributed by atoms with E-state index in [1.165, 1.54) is 287 Å². The van der Waals surface area contributed by atoms with Gasteiger partial charge in [-0.3, -0.25) is 29.0 Å². The van der Waals surface area contributed by atoms with Crippen LogP contribution in [0.3, 0.4) is 0 Å². The van der Waals surface area contributed by atoms with Gasteiger partial charge >= 0.3 is 23.9 Å². The molecular weight excluding hydrogens is 1470 g/mol. The van der Waals surface area contributed by atoms with Crippen LogP contribution in [-0.4, -0.2) is 131 Å². The molecule has 1 fully saturated rings. The molecule has 0 spiro atoms. The van der Waals surface area contributed by atoms with Crippen LogP contribution in [0.25, 0.3) is 0 Å². The second kappa shape index (κ2) is 86.9. The fourth-order valence-electron chi connectivity index (χ4n) is 17.8. The average molecular weight is 1680 g/mol. The highest BCUT2D eigenvalue weighted by Crippen LogP contribution is 2.30. The monoisotopic (exact) mass is 1670 g/mol. The van der Waals surface area contributed by atoms with Crippen LogP contribution in [0.4, 0.5) is 0 Å². The lowest BCUT2D eigenvalue weighted by atomic mass is 9.93. The van der Waals surface area contributed by atoms with Crippen molar-refractivity contribution in [2.24, 2.45) is 29.6 Å². The Hall–Kier alpha value is -3.22. The third-order valence-corrected chi connectivity index (χ3v) is 26.1. The number of esters is 4. The Morgan fingerprint density at radius 2 is 0.521 bits per heavy atom. The van der Waals surface area contributed by atoms with Crippen molar-refractivity contribution in [2.45, 2.75) is 506 Å². The Labute approximate surface area is 740 Å². The Balaban J connectivity index is 3.56. The number of carbonyl (C=O) groups excluding carboxylic acids is 4. The first-order chi connectivity index (χ1) is 58.4. The third-order valence-electron chi connectivity index (χ3n) is 26.1. The van der Waals surface area contributed by atoms with Crippen LogP contribution in [0.1, 0.15) is 506 Å². The average Bonchev–Trinajstić information content (AvgIpc) is 0.908. The van der Waals surface area contributed by atoms with Crippen LogP contribution in [0.5, 0.6) is 0 Å². The molecule has 0 N–H and O–H groups in total. The smallest absolute Gasteiger partial charge is 0.308 e. The second-order valence-corrected chi connectivity index (χ2v) is 37.0. The van der Waals surface area contributed by atoms with Gasteiger partial charge in [0.2, 0.25) is 0 Å². The lowest BCUT2D eigenvalue weighted by Gasteiger charge is -2.36. The fourth-order valence-corrected chi connectivity index (χ4v) is 17.8. The lowest BCUT2D eigenvalue weighted by molar-refractivity contribution is -0.150. The molecule has 1 aliphatic heterocycles. The van der Waals surface area contributed by atoms with Gasteiger partial charge in [0.25, 0.3) is 0 Å². The lowest BCUT2D eigenvalue weighted by Crippen LogP contribution is -2.48. The Morgan fingerprint density at radius 3 is 0.849 bits per heavy atom.